The Kier molecular flexibility index (Phi) is 13.5. The first-order valence-electron chi connectivity index (χ1n) is 14.8. The average Bonchev–Trinajstić information content (AvgIpc) is 3.35. The molecule has 0 aliphatic rings. The van der Waals surface area contributed by atoms with Crippen LogP contribution < -0.4 is 45.7 Å². The van der Waals surface area contributed by atoms with Gasteiger partial charge in [0.2, 0.25) is 0 Å². The molecular weight excluding hydrogens is 584 g/mol. The van der Waals surface area contributed by atoms with Crippen molar-refractivity contribution < 1.29 is 58.9 Å². The Morgan fingerprint density at radius 2 is 1.56 bits per heavy atom. The minimum Gasteiger partial charge on any atom is -0.550 e. The Morgan fingerprint density at radius 1 is 0.911 bits per heavy atom. The Balaban J connectivity index is 0.00000552. The molecule has 5 N–H and O–H groups in total. The third-order valence-electron chi connectivity index (χ3n) is 7.57. The summed E-state index contributed by atoms with van der Waals surface area (Å²) >= 11 is 0. The van der Waals surface area contributed by atoms with Crippen LogP contribution >= 0.6 is 0 Å². The minimum atomic E-state index is -1.39. The fourth-order valence-electron chi connectivity index (χ4n) is 5.63. The molecule has 2 unspecified atom stereocenters. The number of aliphatic hydroxyl groups is 2. The molecule has 10 heteroatoms. The number of nitrogens with one attached hydrogen (secondary N) is 1. The number of carbonyl (C=O) groups excluding carboxylic acids is 2. The molecule has 2 atom stereocenters. The summed E-state index contributed by atoms with van der Waals surface area (Å²) < 4.78 is 16.0. The van der Waals surface area contributed by atoms with Gasteiger partial charge in [-0.15, -0.1) is 0 Å². The smallest absolute Gasteiger partial charge is 0.550 e. The van der Waals surface area contributed by atoms with E-state index < -0.39 is 30.4 Å². The fourth-order valence-corrected chi connectivity index (χ4v) is 5.63. The summed E-state index contributed by atoms with van der Waals surface area (Å²) in [5.41, 5.74) is 11.8. The second-order valence-corrected chi connectivity index (χ2v) is 11.2. The van der Waals surface area contributed by atoms with Crippen molar-refractivity contribution in [1.29, 1.82) is 0 Å². The van der Waals surface area contributed by atoms with Crippen LogP contribution in [-0.2, 0) is 24.3 Å². The monoisotopic (exact) mass is 623 g/mol. The number of aliphatic carboxylic acids is 1. The number of aromatic nitrogens is 1. The predicted octanol–water partition coefficient (Wildman–Crippen LogP) is 1.12. The third-order valence-corrected chi connectivity index (χ3v) is 7.57. The van der Waals surface area contributed by atoms with E-state index in [0.717, 1.165) is 27.9 Å². The average molecular weight is 624 g/mol. The summed E-state index contributed by atoms with van der Waals surface area (Å²) in [4.78, 5) is 25.1. The molecule has 232 valence electrons. The molecule has 1 aromatic heterocycles. The van der Waals surface area contributed by atoms with Crippen molar-refractivity contribution in [2.24, 2.45) is 5.73 Å². The molecule has 0 saturated carbocycles. The Hall–Kier alpha value is -3.31. The molecule has 0 aliphatic carbocycles. The number of carboxylic acid groups (broad SMARTS) is 1. The van der Waals surface area contributed by atoms with Gasteiger partial charge in [0.05, 0.1) is 12.2 Å². The molecule has 4 rings (SSSR count). The standard InChI is InChI=1S/C35H40FN3O5.Na/c1-22(2)39-30(16-15-28(40)18-29(41)19-31(42)43)32(26-11-13-27(36)14-12-26)33(25-9-4-3-5-10-25)34(39)35(44)38-21-24-8-6-7-23(17-24)20-37;/h3-14,17,22,28-29,40-41H,15-16,18-21,37H2,1-2H3,(H,38,44)(H,42,43);/q;+1/p-1. The van der Waals surface area contributed by atoms with E-state index in [2.05, 4.69) is 5.32 Å². The maximum atomic E-state index is 14.2. The summed E-state index contributed by atoms with van der Waals surface area (Å²) in [6.07, 6.45) is -2.47. The van der Waals surface area contributed by atoms with Crippen molar-refractivity contribution in [3.63, 3.8) is 0 Å². The molecule has 45 heavy (non-hydrogen) atoms. The van der Waals surface area contributed by atoms with E-state index in [4.69, 9.17) is 5.73 Å². The van der Waals surface area contributed by atoms with E-state index in [1.54, 1.807) is 12.1 Å². The van der Waals surface area contributed by atoms with Crippen molar-refractivity contribution in [2.75, 3.05) is 0 Å². The Bertz CT molecular complexity index is 1570. The van der Waals surface area contributed by atoms with Gasteiger partial charge in [0.25, 0.3) is 5.91 Å². The zero-order valence-corrected chi connectivity index (χ0v) is 28.0. The maximum Gasteiger partial charge on any atom is 1.00 e. The summed E-state index contributed by atoms with van der Waals surface area (Å²) in [5.74, 6) is -2.08. The van der Waals surface area contributed by atoms with E-state index >= 15 is 0 Å². The van der Waals surface area contributed by atoms with Gasteiger partial charge in [0.15, 0.2) is 0 Å². The van der Waals surface area contributed by atoms with Crippen LogP contribution in [0.15, 0.2) is 78.9 Å². The molecule has 8 nitrogen and oxygen atoms in total. The molecule has 0 saturated heterocycles. The van der Waals surface area contributed by atoms with E-state index in [0.29, 0.717) is 29.8 Å². The molecule has 0 radical (unpaired) electrons. The van der Waals surface area contributed by atoms with E-state index in [-0.39, 0.29) is 60.9 Å². The van der Waals surface area contributed by atoms with Gasteiger partial charge in [-0.05, 0) is 67.5 Å². The van der Waals surface area contributed by atoms with Crippen LogP contribution in [0, 0.1) is 5.82 Å². The molecule has 0 spiro atoms. The summed E-state index contributed by atoms with van der Waals surface area (Å²) in [6, 6.07) is 23.1. The van der Waals surface area contributed by atoms with Gasteiger partial charge in [-0.3, -0.25) is 4.79 Å². The molecule has 4 aromatic rings. The number of nitrogens with two attached hydrogens (primary N) is 1. The van der Waals surface area contributed by atoms with Crippen LogP contribution in [0.1, 0.15) is 66.5 Å². The van der Waals surface area contributed by atoms with E-state index in [1.807, 2.05) is 73.0 Å². The minimum absolute atomic E-state index is 0. The number of carboxylic acids is 1. The number of rotatable bonds is 14. The second-order valence-electron chi connectivity index (χ2n) is 11.2. The SMILES string of the molecule is CC(C)n1c(CCC(O)CC(O)CC(=O)[O-])c(-c2ccc(F)cc2)c(-c2ccccc2)c1C(=O)NCc1cccc(CN)c1.[Na+]. The number of hydrogen-bond acceptors (Lipinski definition) is 6. The van der Waals surface area contributed by atoms with Crippen LogP contribution in [0.3, 0.4) is 0 Å². The van der Waals surface area contributed by atoms with Gasteiger partial charge >= 0.3 is 29.6 Å². The number of nitrogens with zero attached hydrogens (tertiary/aromatic N) is 1. The first-order chi connectivity index (χ1) is 21.1. The van der Waals surface area contributed by atoms with Crippen LogP contribution in [-0.4, -0.2) is 38.9 Å². The predicted molar refractivity (Wildman–Crippen MR) is 166 cm³/mol. The van der Waals surface area contributed by atoms with E-state index in [1.165, 1.54) is 12.1 Å². The fraction of sp³-hybridized carbons (Fsp3) is 0.314. The zero-order valence-electron chi connectivity index (χ0n) is 26.0. The van der Waals surface area contributed by atoms with Gasteiger partial charge in [-0.1, -0.05) is 66.7 Å². The molecule has 0 aliphatic heterocycles. The van der Waals surface area contributed by atoms with Crippen molar-refractivity contribution >= 4 is 11.9 Å². The van der Waals surface area contributed by atoms with Crippen LogP contribution in [0.2, 0.25) is 0 Å². The number of hydrogen-bond donors (Lipinski definition) is 4. The molecule has 3 aromatic carbocycles. The summed E-state index contributed by atoms with van der Waals surface area (Å²) in [6.45, 7) is 4.60. The molecule has 0 bridgehead atoms. The van der Waals surface area contributed by atoms with Gasteiger partial charge in [-0.2, -0.15) is 0 Å². The maximum absolute atomic E-state index is 14.2. The number of carbonyl (C=O) groups is 2. The molecule has 1 amide bonds. The van der Waals surface area contributed by atoms with Crippen molar-refractivity contribution in [1.82, 2.24) is 9.88 Å². The topological polar surface area (TPSA) is 141 Å². The number of benzene rings is 3. The van der Waals surface area contributed by atoms with Crippen molar-refractivity contribution in [3.8, 4) is 22.3 Å². The zero-order chi connectivity index (χ0) is 31.8. The number of halogens is 1. The van der Waals surface area contributed by atoms with Crippen molar-refractivity contribution in [2.45, 2.75) is 70.9 Å². The first kappa shape index (κ1) is 36.2. The molecule has 1 heterocycles. The van der Waals surface area contributed by atoms with E-state index in [9.17, 15) is 29.3 Å². The number of amides is 1. The largest absolute Gasteiger partial charge is 1.00 e. The second kappa shape index (κ2) is 16.8. The quantitative estimate of drug-likeness (QED) is 0.155. The molecule has 0 fully saturated rings. The number of aliphatic hydroxyl groups excluding tert-OH is 2. The Labute approximate surface area is 285 Å². The Morgan fingerprint density at radius 3 is 2.18 bits per heavy atom. The summed E-state index contributed by atoms with van der Waals surface area (Å²) in [7, 11) is 0. The van der Waals surface area contributed by atoms with Crippen molar-refractivity contribution in [3.05, 3.63) is 107 Å². The third kappa shape index (κ3) is 9.36. The van der Waals surface area contributed by atoms with Gasteiger partial charge in [0, 0.05) is 48.3 Å². The molecular formula is C35H39FN3NaO5. The van der Waals surface area contributed by atoms with Gasteiger partial charge in [0.1, 0.15) is 11.5 Å². The van der Waals surface area contributed by atoms with Crippen LogP contribution in [0.5, 0.6) is 0 Å². The van der Waals surface area contributed by atoms with Gasteiger partial charge < -0.3 is 35.7 Å². The van der Waals surface area contributed by atoms with Gasteiger partial charge in [-0.25, -0.2) is 4.39 Å². The van der Waals surface area contributed by atoms with Crippen LogP contribution in [0.25, 0.3) is 22.3 Å². The van der Waals surface area contributed by atoms with Crippen LogP contribution in [0.4, 0.5) is 4.39 Å². The summed E-state index contributed by atoms with van der Waals surface area (Å²) in [5, 5.41) is 34.8. The first-order valence-corrected chi connectivity index (χ1v) is 14.8. The normalized spacial score (nSPS) is 12.4.